The molecule has 0 saturated carbocycles. The Morgan fingerprint density at radius 1 is 1.08 bits per heavy atom. The summed E-state index contributed by atoms with van der Waals surface area (Å²) >= 11 is 0. The minimum atomic E-state index is -1.23. The number of hydrogen-bond acceptors (Lipinski definition) is 4. The molecule has 25 heavy (non-hydrogen) atoms. The first kappa shape index (κ1) is 17.2. The Morgan fingerprint density at radius 3 is 2.08 bits per heavy atom. The molecule has 2 aromatic rings. The third kappa shape index (κ3) is 3.42. The normalized spacial score (nSPS) is 15.1. The molecule has 1 aliphatic rings. The van der Waals surface area contributed by atoms with Crippen molar-refractivity contribution >= 4 is 11.9 Å². The number of hydrogen-bond donors (Lipinski definition) is 2. The van der Waals surface area contributed by atoms with Gasteiger partial charge in [0.25, 0.3) is 0 Å². The monoisotopic (exact) mass is 339 g/mol. The van der Waals surface area contributed by atoms with Crippen LogP contribution in [0.5, 0.6) is 0 Å². The summed E-state index contributed by atoms with van der Waals surface area (Å²) in [5.41, 5.74) is 10.1. The van der Waals surface area contributed by atoms with Crippen LogP contribution in [0.3, 0.4) is 0 Å². The molecule has 1 aliphatic carbocycles. The third-order valence-electron chi connectivity index (χ3n) is 4.54. The lowest BCUT2D eigenvalue weighted by Crippen LogP contribution is -2.32. The second kappa shape index (κ2) is 7.07. The number of carbonyl (C=O) groups is 2. The molecule has 0 aliphatic heterocycles. The predicted molar refractivity (Wildman–Crippen MR) is 94.1 cm³/mol. The van der Waals surface area contributed by atoms with Crippen molar-refractivity contribution in [2.45, 2.75) is 25.3 Å². The highest BCUT2D eigenvalue weighted by Gasteiger charge is 2.32. The van der Waals surface area contributed by atoms with Crippen molar-refractivity contribution in [3.05, 3.63) is 59.7 Å². The van der Waals surface area contributed by atoms with E-state index in [1.807, 2.05) is 48.5 Å². The first-order valence-electron chi connectivity index (χ1n) is 8.32. The van der Waals surface area contributed by atoms with Crippen molar-refractivity contribution in [1.29, 1.82) is 0 Å². The molecular weight excluding hydrogens is 318 g/mol. The van der Waals surface area contributed by atoms with Crippen LogP contribution in [0.4, 0.5) is 0 Å². The molecule has 0 spiro atoms. The van der Waals surface area contributed by atoms with E-state index >= 15 is 0 Å². The molecule has 5 heteroatoms. The Bertz CT molecular complexity index is 754. The smallest absolute Gasteiger partial charge is 0.320 e. The molecule has 0 bridgehead atoms. The third-order valence-corrected chi connectivity index (χ3v) is 4.54. The number of aliphatic carboxylic acids is 1. The summed E-state index contributed by atoms with van der Waals surface area (Å²) in [4.78, 5) is 23.6. The predicted octanol–water partition coefficient (Wildman–Crippen LogP) is 2.78. The lowest BCUT2D eigenvalue weighted by molar-refractivity contribution is -0.159. The van der Waals surface area contributed by atoms with Gasteiger partial charge in [-0.2, -0.15) is 0 Å². The molecule has 0 radical (unpaired) electrons. The fourth-order valence-corrected chi connectivity index (χ4v) is 3.38. The van der Waals surface area contributed by atoms with Crippen LogP contribution in [0, 0.1) is 5.92 Å². The topological polar surface area (TPSA) is 89.6 Å². The van der Waals surface area contributed by atoms with Gasteiger partial charge in [-0.3, -0.25) is 9.59 Å². The van der Waals surface area contributed by atoms with Gasteiger partial charge in [0.2, 0.25) is 0 Å². The number of rotatable bonds is 6. The number of carboxylic acids is 1. The number of fused-ring (bicyclic) bond motifs is 3. The van der Waals surface area contributed by atoms with E-state index in [4.69, 9.17) is 10.5 Å². The van der Waals surface area contributed by atoms with Crippen LogP contribution in [-0.2, 0) is 14.3 Å². The molecule has 5 nitrogen and oxygen atoms in total. The zero-order valence-electron chi connectivity index (χ0n) is 14.0. The summed E-state index contributed by atoms with van der Waals surface area (Å²) < 4.78 is 5.39. The zero-order valence-corrected chi connectivity index (χ0v) is 14.0. The summed E-state index contributed by atoms with van der Waals surface area (Å²) in [6.07, 6.45) is 0.0615. The Kier molecular flexibility index (Phi) is 4.86. The Hall–Kier alpha value is -2.66. The van der Waals surface area contributed by atoms with Crippen LogP contribution in [0.25, 0.3) is 11.1 Å². The number of esters is 1. The lowest BCUT2D eigenvalue weighted by Gasteiger charge is -2.17. The van der Waals surface area contributed by atoms with E-state index in [-0.39, 0.29) is 25.0 Å². The van der Waals surface area contributed by atoms with Gasteiger partial charge in [0.05, 0.1) is 0 Å². The van der Waals surface area contributed by atoms with Crippen molar-refractivity contribution in [3.63, 3.8) is 0 Å². The van der Waals surface area contributed by atoms with Crippen LogP contribution >= 0.6 is 0 Å². The van der Waals surface area contributed by atoms with Crippen LogP contribution in [0.2, 0.25) is 0 Å². The molecule has 0 saturated heterocycles. The molecule has 2 unspecified atom stereocenters. The van der Waals surface area contributed by atoms with Gasteiger partial charge in [0.15, 0.2) is 5.92 Å². The van der Waals surface area contributed by atoms with Gasteiger partial charge in [-0.1, -0.05) is 48.5 Å². The highest BCUT2D eigenvalue weighted by molar-refractivity contribution is 5.94. The summed E-state index contributed by atoms with van der Waals surface area (Å²) in [5, 5.41) is 9.24. The molecule has 3 N–H and O–H groups in total. The van der Waals surface area contributed by atoms with Crippen molar-refractivity contribution in [2.75, 3.05) is 6.61 Å². The van der Waals surface area contributed by atoms with Crippen molar-refractivity contribution in [2.24, 2.45) is 11.7 Å². The van der Waals surface area contributed by atoms with Gasteiger partial charge in [0, 0.05) is 12.0 Å². The lowest BCUT2D eigenvalue weighted by atomic mass is 9.97. The van der Waals surface area contributed by atoms with Gasteiger partial charge in [-0.05, 0) is 35.6 Å². The number of nitrogens with two attached hydrogens (primary N) is 1. The van der Waals surface area contributed by atoms with E-state index in [0.29, 0.717) is 0 Å². The van der Waals surface area contributed by atoms with Gasteiger partial charge in [-0.25, -0.2) is 0 Å². The van der Waals surface area contributed by atoms with E-state index < -0.39 is 17.9 Å². The molecule has 0 fully saturated rings. The first-order chi connectivity index (χ1) is 12.0. The standard InChI is InChI=1S/C20H21NO4/c1-12(21)10-17(19(22)23)20(24)25-11-18-15-8-4-2-6-13(15)14-7-3-5-9-16(14)18/h2-9,12,17-18H,10-11,21H2,1H3,(H,22,23). The molecular formula is C20H21NO4. The molecule has 2 atom stereocenters. The maximum Gasteiger partial charge on any atom is 0.320 e. The van der Waals surface area contributed by atoms with E-state index in [9.17, 15) is 14.7 Å². The van der Waals surface area contributed by atoms with Crippen molar-refractivity contribution in [1.82, 2.24) is 0 Å². The second-order valence-electron chi connectivity index (χ2n) is 6.46. The summed E-state index contributed by atoms with van der Waals surface area (Å²) in [6.45, 7) is 1.79. The van der Waals surface area contributed by atoms with Gasteiger partial charge < -0.3 is 15.6 Å². The van der Waals surface area contributed by atoms with Crippen LogP contribution in [0.15, 0.2) is 48.5 Å². The van der Waals surface area contributed by atoms with E-state index in [1.165, 1.54) is 0 Å². The molecule has 0 aromatic heterocycles. The van der Waals surface area contributed by atoms with Gasteiger partial charge in [-0.15, -0.1) is 0 Å². The number of benzene rings is 2. The molecule has 0 amide bonds. The van der Waals surface area contributed by atoms with Gasteiger partial charge >= 0.3 is 11.9 Å². The highest BCUT2D eigenvalue weighted by atomic mass is 16.5. The van der Waals surface area contributed by atoms with E-state index in [0.717, 1.165) is 22.3 Å². The van der Waals surface area contributed by atoms with Crippen LogP contribution in [-0.4, -0.2) is 29.7 Å². The minimum Gasteiger partial charge on any atom is -0.481 e. The van der Waals surface area contributed by atoms with E-state index in [1.54, 1.807) is 6.92 Å². The maximum atomic E-state index is 12.2. The molecule has 2 aromatic carbocycles. The van der Waals surface area contributed by atoms with Crippen molar-refractivity contribution < 1.29 is 19.4 Å². The average Bonchev–Trinajstić information content (AvgIpc) is 2.91. The van der Waals surface area contributed by atoms with Crippen LogP contribution < -0.4 is 5.73 Å². The molecule has 0 heterocycles. The Balaban J connectivity index is 1.79. The van der Waals surface area contributed by atoms with Crippen LogP contribution in [0.1, 0.15) is 30.4 Å². The Labute approximate surface area is 146 Å². The number of carboxylic acid groups (broad SMARTS) is 1. The van der Waals surface area contributed by atoms with Crippen molar-refractivity contribution in [3.8, 4) is 11.1 Å². The minimum absolute atomic E-state index is 0.0615. The number of carbonyl (C=O) groups excluding carboxylic acids is 1. The summed E-state index contributed by atoms with van der Waals surface area (Å²) in [5.74, 6) is -3.24. The molecule has 3 rings (SSSR count). The van der Waals surface area contributed by atoms with E-state index in [2.05, 4.69) is 0 Å². The molecule has 130 valence electrons. The number of ether oxygens (including phenoxy) is 1. The summed E-state index contributed by atoms with van der Waals surface area (Å²) in [7, 11) is 0. The zero-order chi connectivity index (χ0) is 18.0. The highest BCUT2D eigenvalue weighted by Crippen LogP contribution is 2.44. The fraction of sp³-hybridized carbons (Fsp3) is 0.300. The SMILES string of the molecule is CC(N)CC(C(=O)O)C(=O)OCC1c2ccccc2-c2ccccc21. The second-order valence-corrected chi connectivity index (χ2v) is 6.46. The average molecular weight is 339 g/mol. The largest absolute Gasteiger partial charge is 0.481 e. The quantitative estimate of drug-likeness (QED) is 0.624. The maximum absolute atomic E-state index is 12.2. The first-order valence-corrected chi connectivity index (χ1v) is 8.32. The summed E-state index contributed by atoms with van der Waals surface area (Å²) in [6, 6.07) is 15.6. The Morgan fingerprint density at radius 2 is 1.60 bits per heavy atom. The fourth-order valence-electron chi connectivity index (χ4n) is 3.38. The van der Waals surface area contributed by atoms with Gasteiger partial charge in [0.1, 0.15) is 6.61 Å².